The number of thioether (sulfide) groups is 1. The molecule has 0 aliphatic heterocycles. The van der Waals surface area contributed by atoms with Crippen molar-refractivity contribution in [2.75, 3.05) is 5.75 Å². The van der Waals surface area contributed by atoms with Gasteiger partial charge in [-0.1, -0.05) is 25.6 Å². The maximum Gasteiger partial charge on any atom is 0.208 e. The second-order valence-corrected chi connectivity index (χ2v) is 5.32. The van der Waals surface area contributed by atoms with Crippen molar-refractivity contribution in [1.82, 2.24) is 15.2 Å². The normalized spacial score (nSPS) is 10.9. The van der Waals surface area contributed by atoms with Crippen LogP contribution >= 0.6 is 11.8 Å². The van der Waals surface area contributed by atoms with E-state index in [2.05, 4.69) is 15.2 Å². The summed E-state index contributed by atoms with van der Waals surface area (Å²) in [5, 5.41) is 7.42. The zero-order valence-electron chi connectivity index (χ0n) is 10.7. The Morgan fingerprint density at radius 3 is 2.63 bits per heavy atom. The van der Waals surface area contributed by atoms with E-state index in [1.807, 2.05) is 13.8 Å². The van der Waals surface area contributed by atoms with Crippen molar-refractivity contribution in [3.63, 3.8) is 0 Å². The van der Waals surface area contributed by atoms with Crippen molar-refractivity contribution in [3.8, 4) is 0 Å². The highest BCUT2D eigenvalue weighted by atomic mass is 32.2. The van der Waals surface area contributed by atoms with Gasteiger partial charge in [0.05, 0.1) is 5.75 Å². The summed E-state index contributed by atoms with van der Waals surface area (Å²) in [6, 6.07) is 5.52. The molecule has 0 bridgehead atoms. The van der Waals surface area contributed by atoms with Crippen LogP contribution in [0.4, 0.5) is 4.39 Å². The Hall–Kier alpha value is -1.69. The third-order valence-electron chi connectivity index (χ3n) is 2.53. The van der Waals surface area contributed by atoms with Crippen molar-refractivity contribution >= 4 is 17.5 Å². The van der Waals surface area contributed by atoms with E-state index in [0.29, 0.717) is 10.7 Å². The first-order valence-electron chi connectivity index (χ1n) is 5.90. The summed E-state index contributed by atoms with van der Waals surface area (Å²) in [5.74, 6) is 0.896. The number of aromatic nitrogens is 3. The third kappa shape index (κ3) is 3.64. The highest BCUT2D eigenvalue weighted by Gasteiger charge is 2.11. The first-order chi connectivity index (χ1) is 9.06. The molecule has 4 nitrogen and oxygen atoms in total. The first kappa shape index (κ1) is 13.7. The number of nitrogens with one attached hydrogen (secondary N) is 1. The topological polar surface area (TPSA) is 58.6 Å². The number of aromatic amines is 1. The van der Waals surface area contributed by atoms with Crippen LogP contribution in [0.15, 0.2) is 29.4 Å². The molecular formula is C13H14FN3OS. The molecule has 0 fully saturated rings. The maximum absolute atomic E-state index is 12.7. The van der Waals surface area contributed by atoms with E-state index in [9.17, 15) is 9.18 Å². The van der Waals surface area contributed by atoms with Crippen LogP contribution in [0, 0.1) is 5.82 Å². The van der Waals surface area contributed by atoms with E-state index in [-0.39, 0.29) is 23.3 Å². The second kappa shape index (κ2) is 5.97. The summed E-state index contributed by atoms with van der Waals surface area (Å²) in [6.45, 7) is 4.03. The number of carbonyl (C=O) groups is 1. The fourth-order valence-corrected chi connectivity index (χ4v) is 2.13. The molecule has 0 aliphatic rings. The van der Waals surface area contributed by atoms with Gasteiger partial charge in [0.1, 0.15) is 11.6 Å². The summed E-state index contributed by atoms with van der Waals surface area (Å²) in [5.41, 5.74) is 0.494. The lowest BCUT2D eigenvalue weighted by Gasteiger charge is -1.99. The van der Waals surface area contributed by atoms with Crippen molar-refractivity contribution in [3.05, 3.63) is 41.5 Å². The van der Waals surface area contributed by atoms with Gasteiger partial charge in [0.15, 0.2) is 5.78 Å². The molecule has 2 aromatic rings. The van der Waals surface area contributed by atoms with Gasteiger partial charge in [-0.2, -0.15) is 0 Å². The van der Waals surface area contributed by atoms with Crippen molar-refractivity contribution < 1.29 is 9.18 Å². The number of Topliss-reactive ketones (excluding diaryl/α,β-unsaturated/α-hetero) is 1. The van der Waals surface area contributed by atoms with Crippen LogP contribution in [0.2, 0.25) is 0 Å². The van der Waals surface area contributed by atoms with Crippen LogP contribution < -0.4 is 0 Å². The van der Waals surface area contributed by atoms with Crippen LogP contribution in [0.25, 0.3) is 0 Å². The average Bonchev–Trinajstić information content (AvgIpc) is 2.86. The van der Waals surface area contributed by atoms with Crippen LogP contribution in [-0.2, 0) is 0 Å². The molecule has 0 amide bonds. The largest absolute Gasteiger partial charge is 0.293 e. The smallest absolute Gasteiger partial charge is 0.208 e. The van der Waals surface area contributed by atoms with Gasteiger partial charge in [-0.25, -0.2) is 9.37 Å². The Morgan fingerprint density at radius 2 is 2.05 bits per heavy atom. The molecule has 0 saturated heterocycles. The lowest BCUT2D eigenvalue weighted by atomic mass is 10.1. The fraction of sp³-hybridized carbons (Fsp3) is 0.308. The lowest BCUT2D eigenvalue weighted by Crippen LogP contribution is -2.02. The van der Waals surface area contributed by atoms with E-state index in [1.165, 1.54) is 36.0 Å². The Bertz CT molecular complexity index is 566. The van der Waals surface area contributed by atoms with Crippen LogP contribution in [0.1, 0.15) is 35.9 Å². The SMILES string of the molecule is CC(C)c1nc(SCC(=O)c2ccc(F)cc2)n[nH]1. The molecule has 1 aromatic carbocycles. The molecular weight excluding hydrogens is 265 g/mol. The minimum atomic E-state index is -0.347. The molecule has 0 unspecified atom stereocenters. The molecule has 100 valence electrons. The number of halogens is 1. The van der Waals surface area contributed by atoms with Crippen molar-refractivity contribution in [2.24, 2.45) is 0 Å². The Balaban J connectivity index is 1.94. The molecule has 0 atom stereocenters. The van der Waals surface area contributed by atoms with Gasteiger partial charge < -0.3 is 0 Å². The summed E-state index contributed by atoms with van der Waals surface area (Å²) in [7, 11) is 0. The molecule has 6 heteroatoms. The van der Waals surface area contributed by atoms with Gasteiger partial charge in [0.25, 0.3) is 0 Å². The number of ketones is 1. The minimum Gasteiger partial charge on any atom is -0.293 e. The minimum absolute atomic E-state index is 0.0686. The molecule has 0 radical (unpaired) electrons. The Labute approximate surface area is 114 Å². The first-order valence-corrected chi connectivity index (χ1v) is 6.88. The highest BCUT2D eigenvalue weighted by molar-refractivity contribution is 7.99. The monoisotopic (exact) mass is 279 g/mol. The van der Waals surface area contributed by atoms with E-state index in [0.717, 1.165) is 5.82 Å². The number of nitrogens with zero attached hydrogens (tertiary/aromatic N) is 2. The molecule has 1 heterocycles. The van der Waals surface area contributed by atoms with E-state index in [4.69, 9.17) is 0 Å². The van der Waals surface area contributed by atoms with Crippen molar-refractivity contribution in [2.45, 2.75) is 24.9 Å². The number of hydrogen-bond acceptors (Lipinski definition) is 4. The van der Waals surface area contributed by atoms with E-state index >= 15 is 0 Å². The van der Waals surface area contributed by atoms with Crippen LogP contribution in [0.5, 0.6) is 0 Å². The van der Waals surface area contributed by atoms with Crippen LogP contribution in [-0.4, -0.2) is 26.7 Å². The van der Waals surface area contributed by atoms with Gasteiger partial charge in [0, 0.05) is 11.5 Å². The summed E-state index contributed by atoms with van der Waals surface area (Å²) >= 11 is 1.27. The average molecular weight is 279 g/mol. The number of benzene rings is 1. The molecule has 2 rings (SSSR count). The maximum atomic E-state index is 12.7. The second-order valence-electron chi connectivity index (χ2n) is 4.38. The number of H-pyrrole nitrogens is 1. The van der Waals surface area contributed by atoms with Crippen LogP contribution in [0.3, 0.4) is 0 Å². The predicted octanol–water partition coefficient (Wildman–Crippen LogP) is 3.04. The van der Waals surface area contributed by atoms with E-state index < -0.39 is 0 Å². The van der Waals surface area contributed by atoms with Gasteiger partial charge in [-0.05, 0) is 24.3 Å². The standard InChI is InChI=1S/C13H14FN3OS/c1-8(2)12-15-13(17-16-12)19-7-11(18)9-3-5-10(14)6-4-9/h3-6,8H,7H2,1-2H3,(H,15,16,17). The highest BCUT2D eigenvalue weighted by Crippen LogP contribution is 2.17. The fourth-order valence-electron chi connectivity index (χ4n) is 1.43. The summed E-state index contributed by atoms with van der Waals surface area (Å²) < 4.78 is 12.7. The van der Waals surface area contributed by atoms with Crippen molar-refractivity contribution in [1.29, 1.82) is 0 Å². The molecule has 0 saturated carbocycles. The molecule has 19 heavy (non-hydrogen) atoms. The molecule has 0 spiro atoms. The number of hydrogen-bond donors (Lipinski definition) is 1. The summed E-state index contributed by atoms with van der Waals surface area (Å²) in [4.78, 5) is 16.1. The zero-order valence-corrected chi connectivity index (χ0v) is 11.5. The van der Waals surface area contributed by atoms with Gasteiger partial charge >= 0.3 is 0 Å². The quantitative estimate of drug-likeness (QED) is 0.675. The van der Waals surface area contributed by atoms with Gasteiger partial charge in [-0.15, -0.1) is 5.10 Å². The predicted molar refractivity (Wildman–Crippen MR) is 71.9 cm³/mol. The molecule has 0 aliphatic carbocycles. The van der Waals surface area contributed by atoms with E-state index in [1.54, 1.807) is 0 Å². The Kier molecular flexibility index (Phi) is 4.31. The Morgan fingerprint density at radius 1 is 1.37 bits per heavy atom. The third-order valence-corrected chi connectivity index (χ3v) is 3.37. The number of rotatable bonds is 5. The van der Waals surface area contributed by atoms with Gasteiger partial charge in [0.2, 0.25) is 5.16 Å². The number of carbonyl (C=O) groups excluding carboxylic acids is 1. The molecule has 1 N–H and O–H groups in total. The zero-order chi connectivity index (χ0) is 13.8. The lowest BCUT2D eigenvalue weighted by molar-refractivity contribution is 0.102. The molecule has 1 aromatic heterocycles. The van der Waals surface area contributed by atoms with Gasteiger partial charge in [-0.3, -0.25) is 9.89 Å². The summed E-state index contributed by atoms with van der Waals surface area (Å²) in [6.07, 6.45) is 0.